The van der Waals surface area contributed by atoms with Gasteiger partial charge in [-0.15, -0.1) is 0 Å². The van der Waals surface area contributed by atoms with Gasteiger partial charge in [0.25, 0.3) is 0 Å². The Labute approximate surface area is 126 Å². The molecule has 2 fully saturated rings. The number of fused-ring (bicyclic) bond motifs is 4. The van der Waals surface area contributed by atoms with Gasteiger partial charge in [0.1, 0.15) is 17.4 Å². The summed E-state index contributed by atoms with van der Waals surface area (Å²) in [5.74, 6) is 0.912. The summed E-state index contributed by atoms with van der Waals surface area (Å²) in [7, 11) is 2.16. The Kier molecular flexibility index (Phi) is 2.17. The smallest absolute Gasteiger partial charge is 0.196 e. The summed E-state index contributed by atoms with van der Waals surface area (Å²) < 4.78 is 5.99. The Morgan fingerprint density at radius 1 is 1.24 bits per heavy atom. The van der Waals surface area contributed by atoms with E-state index in [0.717, 1.165) is 41.0 Å². The molecular weight excluding hydrogens is 288 g/mol. The fraction of sp³-hybridized carbons (Fsp3) is 0.333. The second-order valence-electron chi connectivity index (χ2n) is 5.88. The first kappa shape index (κ1) is 11.8. The molecule has 5 rings (SSSR count). The first-order valence-electron chi connectivity index (χ1n) is 7.02. The number of likely N-dealkylation sites (tertiary alicyclic amines) is 1. The van der Waals surface area contributed by atoms with Crippen LogP contribution in [0.3, 0.4) is 0 Å². The molecule has 6 heteroatoms. The van der Waals surface area contributed by atoms with Crippen LogP contribution in [0, 0.1) is 0 Å². The van der Waals surface area contributed by atoms with Gasteiger partial charge in [-0.2, -0.15) is 0 Å². The van der Waals surface area contributed by atoms with Crippen molar-refractivity contribution in [2.45, 2.75) is 12.1 Å². The second-order valence-corrected chi connectivity index (χ2v) is 6.32. The summed E-state index contributed by atoms with van der Waals surface area (Å²) in [6.45, 7) is 2.17. The molecule has 2 aliphatic heterocycles. The van der Waals surface area contributed by atoms with E-state index in [1.807, 2.05) is 18.2 Å². The number of hydrogen-bond acceptors (Lipinski definition) is 5. The number of likely N-dealkylation sites (N-methyl/N-ethyl adjacent to an activating group) is 1. The molecule has 0 amide bonds. The zero-order valence-corrected chi connectivity index (χ0v) is 12.2. The molecule has 21 heavy (non-hydrogen) atoms. The number of rotatable bonds is 1. The molecular formula is C15H13ClN4O. The van der Waals surface area contributed by atoms with Crippen molar-refractivity contribution < 1.29 is 4.42 Å². The van der Waals surface area contributed by atoms with Gasteiger partial charge >= 0.3 is 0 Å². The summed E-state index contributed by atoms with van der Waals surface area (Å²) >= 11 is 6.08. The summed E-state index contributed by atoms with van der Waals surface area (Å²) in [5, 5.41) is 1.64. The van der Waals surface area contributed by atoms with Gasteiger partial charge in [0.05, 0.1) is 12.1 Å². The SMILES string of the molecule is CN1CC2[C@@H](C1)N2c1ncnc2c1oc1ccc(Cl)cc12. The Balaban J connectivity index is 1.70. The molecule has 0 N–H and O–H groups in total. The summed E-state index contributed by atoms with van der Waals surface area (Å²) in [6.07, 6.45) is 1.62. The Bertz CT molecular complexity index is 865. The number of halogens is 1. The number of benzene rings is 1. The van der Waals surface area contributed by atoms with Crippen molar-refractivity contribution in [3.8, 4) is 0 Å². The van der Waals surface area contributed by atoms with Gasteiger partial charge in [-0.1, -0.05) is 11.6 Å². The molecule has 4 heterocycles. The van der Waals surface area contributed by atoms with Crippen molar-refractivity contribution >= 4 is 39.5 Å². The van der Waals surface area contributed by atoms with Gasteiger partial charge in [0.15, 0.2) is 11.4 Å². The highest BCUT2D eigenvalue weighted by Gasteiger charge is 2.54. The molecule has 0 spiro atoms. The van der Waals surface area contributed by atoms with Crippen molar-refractivity contribution in [2.75, 3.05) is 25.0 Å². The molecule has 3 aromatic rings. The van der Waals surface area contributed by atoms with E-state index >= 15 is 0 Å². The minimum absolute atomic E-state index is 0.560. The number of nitrogens with zero attached hydrogens (tertiary/aromatic N) is 4. The van der Waals surface area contributed by atoms with Crippen LogP contribution in [0.1, 0.15) is 0 Å². The standard InChI is InChI=1S/C15H13ClN4O/c1-19-5-10-11(6-19)20(10)15-14-13(17-7-18-15)9-4-8(16)2-3-12(9)21-14/h2-4,7,10-11H,5-6H2,1H3/t10-,11?,20?/m1/s1. The average Bonchev–Trinajstić information content (AvgIpc) is 2.83. The fourth-order valence-corrected chi connectivity index (χ4v) is 3.67. The molecule has 5 nitrogen and oxygen atoms in total. The number of hydrogen-bond donors (Lipinski definition) is 0. The maximum Gasteiger partial charge on any atom is 0.196 e. The molecule has 0 aliphatic carbocycles. The predicted octanol–water partition coefficient (Wildman–Crippen LogP) is 2.53. The Morgan fingerprint density at radius 2 is 2.05 bits per heavy atom. The lowest BCUT2D eigenvalue weighted by Gasteiger charge is -2.15. The van der Waals surface area contributed by atoms with Gasteiger partial charge in [-0.25, -0.2) is 9.97 Å². The summed E-state index contributed by atoms with van der Waals surface area (Å²) in [5.41, 5.74) is 2.42. The van der Waals surface area contributed by atoms with Crippen molar-refractivity contribution in [3.63, 3.8) is 0 Å². The molecule has 1 unspecified atom stereocenters. The topological polar surface area (TPSA) is 45.2 Å². The molecule has 0 saturated carbocycles. The largest absolute Gasteiger partial charge is 0.450 e. The number of furan rings is 1. The van der Waals surface area contributed by atoms with Crippen LogP contribution in [0.25, 0.3) is 22.1 Å². The van der Waals surface area contributed by atoms with Crippen LogP contribution in [0.5, 0.6) is 0 Å². The average molecular weight is 301 g/mol. The van der Waals surface area contributed by atoms with E-state index in [-0.39, 0.29) is 0 Å². The highest BCUT2D eigenvalue weighted by molar-refractivity contribution is 6.31. The van der Waals surface area contributed by atoms with E-state index in [2.05, 4.69) is 26.8 Å². The van der Waals surface area contributed by atoms with E-state index in [9.17, 15) is 0 Å². The monoisotopic (exact) mass is 300 g/mol. The predicted molar refractivity (Wildman–Crippen MR) is 81.9 cm³/mol. The molecule has 2 aromatic heterocycles. The number of piperazine rings is 1. The normalized spacial score (nSPS) is 25.0. The summed E-state index contributed by atoms with van der Waals surface area (Å²) in [4.78, 5) is 13.5. The Morgan fingerprint density at radius 3 is 2.86 bits per heavy atom. The van der Waals surface area contributed by atoms with E-state index < -0.39 is 0 Å². The van der Waals surface area contributed by atoms with E-state index in [1.54, 1.807) is 6.33 Å². The lowest BCUT2D eigenvalue weighted by atomic mass is 10.2. The lowest BCUT2D eigenvalue weighted by Crippen LogP contribution is -2.25. The van der Waals surface area contributed by atoms with Gasteiger partial charge in [0.2, 0.25) is 0 Å². The molecule has 0 radical (unpaired) electrons. The molecule has 0 bridgehead atoms. The quantitative estimate of drug-likeness (QED) is 0.646. The molecule has 2 saturated heterocycles. The van der Waals surface area contributed by atoms with Crippen LogP contribution in [0.2, 0.25) is 5.02 Å². The minimum Gasteiger partial charge on any atom is -0.450 e. The minimum atomic E-state index is 0.560. The maximum absolute atomic E-state index is 6.08. The zero-order valence-electron chi connectivity index (χ0n) is 11.5. The zero-order chi connectivity index (χ0) is 14.1. The summed E-state index contributed by atoms with van der Waals surface area (Å²) in [6, 6.07) is 6.74. The van der Waals surface area contributed by atoms with Crippen molar-refractivity contribution in [1.29, 1.82) is 0 Å². The van der Waals surface area contributed by atoms with Gasteiger partial charge in [0, 0.05) is 23.5 Å². The number of anilines is 1. The van der Waals surface area contributed by atoms with Crippen LogP contribution in [0.4, 0.5) is 5.82 Å². The van der Waals surface area contributed by atoms with Crippen LogP contribution < -0.4 is 4.90 Å². The molecule has 106 valence electrons. The van der Waals surface area contributed by atoms with Crippen LogP contribution >= 0.6 is 11.6 Å². The number of aromatic nitrogens is 2. The van der Waals surface area contributed by atoms with Crippen molar-refractivity contribution in [3.05, 3.63) is 29.5 Å². The third-order valence-electron chi connectivity index (χ3n) is 4.50. The van der Waals surface area contributed by atoms with Gasteiger partial charge in [-0.3, -0.25) is 0 Å². The fourth-order valence-electron chi connectivity index (χ4n) is 3.50. The maximum atomic E-state index is 6.08. The van der Waals surface area contributed by atoms with Gasteiger partial charge < -0.3 is 14.2 Å². The molecule has 2 atom stereocenters. The highest BCUT2D eigenvalue weighted by atomic mass is 35.5. The van der Waals surface area contributed by atoms with Crippen LogP contribution in [-0.2, 0) is 0 Å². The Hall–Kier alpha value is -1.85. The third-order valence-corrected chi connectivity index (χ3v) is 4.74. The molecule has 1 aromatic carbocycles. The van der Waals surface area contributed by atoms with E-state index in [1.165, 1.54) is 0 Å². The molecule has 2 aliphatic rings. The van der Waals surface area contributed by atoms with E-state index in [0.29, 0.717) is 17.1 Å². The van der Waals surface area contributed by atoms with Crippen LogP contribution in [-0.4, -0.2) is 47.1 Å². The van der Waals surface area contributed by atoms with E-state index in [4.69, 9.17) is 16.0 Å². The first-order valence-corrected chi connectivity index (χ1v) is 7.40. The lowest BCUT2D eigenvalue weighted by molar-refractivity contribution is 0.389. The van der Waals surface area contributed by atoms with Crippen LogP contribution in [0.15, 0.2) is 28.9 Å². The third kappa shape index (κ3) is 1.56. The second kappa shape index (κ2) is 3.87. The highest BCUT2D eigenvalue weighted by Crippen LogP contribution is 2.43. The van der Waals surface area contributed by atoms with Crippen molar-refractivity contribution in [1.82, 2.24) is 14.9 Å². The van der Waals surface area contributed by atoms with Gasteiger partial charge in [-0.05, 0) is 25.2 Å². The first-order chi connectivity index (χ1) is 10.2. The van der Waals surface area contributed by atoms with Crippen molar-refractivity contribution in [2.24, 2.45) is 0 Å².